The van der Waals surface area contributed by atoms with Crippen LogP contribution < -0.4 is 15.4 Å². The number of hydrogen-bond acceptors (Lipinski definition) is 7. The van der Waals surface area contributed by atoms with Crippen LogP contribution in [0.15, 0.2) is 41.4 Å². The lowest BCUT2D eigenvalue weighted by Gasteiger charge is -2.14. The molecule has 0 aliphatic carbocycles. The molecule has 13 heteroatoms. The first-order valence-electron chi connectivity index (χ1n) is 12.4. The largest absolute Gasteiger partial charge is 0.495 e. The number of methoxy groups -OCH3 is 1. The maximum Gasteiger partial charge on any atom is 0.394 e. The van der Waals surface area contributed by atoms with Gasteiger partial charge in [-0.3, -0.25) is 4.79 Å². The molecule has 40 heavy (non-hydrogen) atoms. The van der Waals surface area contributed by atoms with Crippen molar-refractivity contribution in [2.75, 3.05) is 45.9 Å². The monoisotopic (exact) mass is 577 g/mol. The van der Waals surface area contributed by atoms with Gasteiger partial charge in [-0.15, -0.1) is 0 Å². The van der Waals surface area contributed by atoms with E-state index in [2.05, 4.69) is 27.5 Å². The lowest BCUT2D eigenvalue weighted by Crippen LogP contribution is -2.28. The Kier molecular flexibility index (Phi) is 8.32. The third kappa shape index (κ3) is 6.68. The number of imidazole rings is 1. The van der Waals surface area contributed by atoms with Crippen LogP contribution in [0.2, 0.25) is 0 Å². The van der Waals surface area contributed by atoms with Crippen molar-refractivity contribution < 1.29 is 31.1 Å². The number of ether oxygens (including phenoxy) is 1. The first-order valence-corrected chi connectivity index (χ1v) is 14.3. The minimum absolute atomic E-state index is 0.0138. The number of benzene rings is 1. The zero-order valence-electron chi connectivity index (χ0n) is 22.5. The van der Waals surface area contributed by atoms with Crippen molar-refractivity contribution in [3.63, 3.8) is 0 Å². The number of nitrogens with zero attached hydrogens (tertiary/aromatic N) is 3. The molecule has 0 bridgehead atoms. The van der Waals surface area contributed by atoms with E-state index in [1.54, 1.807) is 12.1 Å². The van der Waals surface area contributed by atoms with Crippen molar-refractivity contribution in [3.8, 4) is 17.6 Å². The van der Waals surface area contributed by atoms with Crippen LogP contribution in [0.3, 0.4) is 0 Å². The molecule has 214 valence electrons. The molecular weight excluding hydrogens is 547 g/mol. The molecule has 1 unspecified atom stereocenters. The van der Waals surface area contributed by atoms with Gasteiger partial charge in [-0.05, 0) is 44.6 Å². The molecule has 3 heterocycles. The maximum atomic E-state index is 13.5. The topological polar surface area (TPSA) is 105 Å². The van der Waals surface area contributed by atoms with E-state index in [0.29, 0.717) is 29.9 Å². The van der Waals surface area contributed by atoms with E-state index in [-0.39, 0.29) is 46.4 Å². The molecule has 1 aliphatic heterocycles. The molecule has 1 aliphatic rings. The van der Waals surface area contributed by atoms with Gasteiger partial charge in [0, 0.05) is 30.6 Å². The van der Waals surface area contributed by atoms with E-state index in [9.17, 15) is 26.4 Å². The van der Waals surface area contributed by atoms with E-state index >= 15 is 0 Å². The summed E-state index contributed by atoms with van der Waals surface area (Å²) >= 11 is 0. The average Bonchev–Trinajstić information content (AvgIpc) is 3.39. The first-order chi connectivity index (χ1) is 18.8. The van der Waals surface area contributed by atoms with E-state index in [1.165, 1.54) is 35.9 Å². The Morgan fingerprint density at radius 3 is 2.67 bits per heavy atom. The second-order valence-electron chi connectivity index (χ2n) is 9.90. The minimum Gasteiger partial charge on any atom is -0.495 e. The lowest BCUT2D eigenvalue weighted by molar-refractivity contribution is -0.128. The van der Waals surface area contributed by atoms with Gasteiger partial charge in [-0.2, -0.15) is 13.2 Å². The standard InChI is InChI=1S/C27H30F3N5O4S/c1-34(2)16-17-13-22(33-26(17)36)19-7-6-12-35-23(15-27(28,29)30)20(32-25(19)35)8-5-11-31-21-10-9-18(40(4,37)38)14-24(21)39-3/h6-7,9-10,12,14,17,22,31H,11,13,15-16H2,1-4H3,(H,33,36)/t17-,22?/m0/s1. The Bertz CT molecular complexity index is 1590. The molecule has 4 rings (SSSR count). The van der Waals surface area contributed by atoms with Crippen LogP contribution in [0.25, 0.3) is 5.65 Å². The Morgan fingerprint density at radius 1 is 1.27 bits per heavy atom. The van der Waals surface area contributed by atoms with Crippen molar-refractivity contribution in [1.82, 2.24) is 19.6 Å². The fourth-order valence-corrected chi connectivity index (χ4v) is 5.36. The summed E-state index contributed by atoms with van der Waals surface area (Å²) in [7, 11) is 1.71. The molecule has 0 radical (unpaired) electrons. The van der Waals surface area contributed by atoms with Gasteiger partial charge in [0.25, 0.3) is 0 Å². The number of fused-ring (bicyclic) bond motifs is 1. The van der Waals surface area contributed by atoms with Gasteiger partial charge in [0.05, 0.1) is 48.3 Å². The quantitative estimate of drug-likeness (QED) is 0.397. The number of halogens is 3. The highest BCUT2D eigenvalue weighted by atomic mass is 32.2. The third-order valence-corrected chi connectivity index (χ3v) is 7.60. The van der Waals surface area contributed by atoms with Crippen molar-refractivity contribution in [3.05, 3.63) is 53.5 Å². The summed E-state index contributed by atoms with van der Waals surface area (Å²) in [6.07, 6.45) is -2.62. The number of anilines is 1. The van der Waals surface area contributed by atoms with Crippen LogP contribution in [0.4, 0.5) is 18.9 Å². The van der Waals surface area contributed by atoms with Gasteiger partial charge in [0.15, 0.2) is 9.84 Å². The van der Waals surface area contributed by atoms with E-state index in [1.807, 2.05) is 19.0 Å². The fourth-order valence-electron chi connectivity index (χ4n) is 4.73. The van der Waals surface area contributed by atoms with Crippen LogP contribution in [-0.2, 0) is 21.1 Å². The molecule has 1 fully saturated rings. The average molecular weight is 578 g/mol. The molecule has 2 N–H and O–H groups in total. The lowest BCUT2D eigenvalue weighted by atomic mass is 10.00. The van der Waals surface area contributed by atoms with Crippen molar-refractivity contribution in [2.45, 2.75) is 30.0 Å². The first kappa shape index (κ1) is 29.2. The molecule has 0 spiro atoms. The van der Waals surface area contributed by atoms with Crippen LogP contribution >= 0.6 is 0 Å². The number of sulfone groups is 1. The van der Waals surface area contributed by atoms with Gasteiger partial charge in [-0.25, -0.2) is 13.4 Å². The highest BCUT2D eigenvalue weighted by Crippen LogP contribution is 2.33. The summed E-state index contributed by atoms with van der Waals surface area (Å²) in [5.74, 6) is 5.50. The SMILES string of the molecule is COc1cc(S(C)(=O)=O)ccc1NCC#Cc1nc2c(C3C[C@@H](CN(C)C)C(=O)N3)cccn2c1CC(F)(F)F. The van der Waals surface area contributed by atoms with Crippen LogP contribution in [0.5, 0.6) is 5.75 Å². The van der Waals surface area contributed by atoms with Crippen molar-refractivity contribution >= 4 is 27.1 Å². The Labute approximate surface area is 230 Å². The van der Waals surface area contributed by atoms with E-state index < -0.39 is 22.4 Å². The number of carbonyl (C=O) groups is 1. The predicted octanol–water partition coefficient (Wildman–Crippen LogP) is 3.05. The molecule has 0 saturated carbocycles. The third-order valence-electron chi connectivity index (χ3n) is 6.49. The summed E-state index contributed by atoms with van der Waals surface area (Å²) in [5, 5.41) is 5.95. The van der Waals surface area contributed by atoms with Gasteiger partial charge < -0.3 is 24.7 Å². The number of rotatable bonds is 8. The predicted molar refractivity (Wildman–Crippen MR) is 144 cm³/mol. The van der Waals surface area contributed by atoms with Crippen LogP contribution in [-0.4, -0.2) is 75.3 Å². The number of pyridine rings is 1. The Morgan fingerprint density at radius 2 is 2.02 bits per heavy atom. The zero-order valence-corrected chi connectivity index (χ0v) is 23.3. The molecule has 9 nitrogen and oxygen atoms in total. The summed E-state index contributed by atoms with van der Waals surface area (Å²) in [5.41, 5.74) is 1.30. The van der Waals surface area contributed by atoms with Gasteiger partial charge in [-0.1, -0.05) is 12.0 Å². The van der Waals surface area contributed by atoms with Crippen molar-refractivity contribution in [1.29, 1.82) is 0 Å². The van der Waals surface area contributed by atoms with Gasteiger partial charge in [0.1, 0.15) is 17.1 Å². The zero-order chi connectivity index (χ0) is 29.2. The molecule has 2 aromatic heterocycles. The highest BCUT2D eigenvalue weighted by Gasteiger charge is 2.36. The number of nitrogens with one attached hydrogen (secondary N) is 2. The smallest absolute Gasteiger partial charge is 0.394 e. The number of carbonyl (C=O) groups excluding carboxylic acids is 1. The Balaban J connectivity index is 1.63. The Hall–Kier alpha value is -3.76. The number of amides is 1. The second kappa shape index (κ2) is 11.4. The van der Waals surface area contributed by atoms with Gasteiger partial charge >= 0.3 is 6.18 Å². The molecule has 1 aromatic carbocycles. The minimum atomic E-state index is -4.49. The van der Waals surface area contributed by atoms with Crippen molar-refractivity contribution in [2.24, 2.45) is 5.92 Å². The summed E-state index contributed by atoms with van der Waals surface area (Å²) in [6.45, 7) is 0.594. The second-order valence-corrected chi connectivity index (χ2v) is 11.9. The molecular formula is C27H30F3N5O4S. The van der Waals surface area contributed by atoms with Gasteiger partial charge in [0.2, 0.25) is 5.91 Å². The fraction of sp³-hybridized carbons (Fsp3) is 0.407. The van der Waals surface area contributed by atoms with Crippen LogP contribution in [0.1, 0.15) is 29.4 Å². The molecule has 1 saturated heterocycles. The molecule has 1 amide bonds. The molecule has 3 aromatic rings. The normalized spacial score (nSPS) is 17.6. The molecule has 2 atom stereocenters. The number of alkyl halides is 3. The maximum absolute atomic E-state index is 13.5. The van der Waals surface area contributed by atoms with E-state index in [0.717, 1.165) is 6.26 Å². The van der Waals surface area contributed by atoms with E-state index in [4.69, 9.17) is 4.74 Å². The highest BCUT2D eigenvalue weighted by molar-refractivity contribution is 7.90. The summed E-state index contributed by atoms with van der Waals surface area (Å²) < 4.78 is 70.9. The number of aromatic nitrogens is 2. The number of hydrogen-bond donors (Lipinski definition) is 2. The summed E-state index contributed by atoms with van der Waals surface area (Å²) in [6, 6.07) is 7.34. The van der Waals surface area contributed by atoms with Crippen LogP contribution in [0, 0.1) is 17.8 Å². The summed E-state index contributed by atoms with van der Waals surface area (Å²) in [4.78, 5) is 19.0.